The highest BCUT2D eigenvalue weighted by molar-refractivity contribution is 6.33. The Kier molecular flexibility index (Phi) is 7.30. The van der Waals surface area contributed by atoms with Crippen molar-refractivity contribution in [1.82, 2.24) is 15.0 Å². The van der Waals surface area contributed by atoms with Crippen LogP contribution in [-0.4, -0.2) is 27.5 Å². The minimum absolute atomic E-state index is 0.0131. The minimum Gasteiger partial charge on any atom is -0.406 e. The van der Waals surface area contributed by atoms with E-state index < -0.39 is 12.2 Å². The second kappa shape index (κ2) is 10.6. The lowest BCUT2D eigenvalue weighted by Gasteiger charge is -2.10. The van der Waals surface area contributed by atoms with Crippen LogP contribution in [0.25, 0.3) is 11.4 Å². The van der Waals surface area contributed by atoms with E-state index in [1.54, 1.807) is 0 Å². The summed E-state index contributed by atoms with van der Waals surface area (Å²) in [4.78, 5) is 12.8. The quantitative estimate of drug-likeness (QED) is 0.161. The van der Waals surface area contributed by atoms with Crippen molar-refractivity contribution in [1.29, 1.82) is 0 Å². The SMILES string of the molecule is Cc1ccc(Nc2nc(N/N=C\c3ccc(OC(F)(F)F)cc3)nc(-c3c(F)cccc3Cl)n2)cc1. The van der Waals surface area contributed by atoms with Gasteiger partial charge < -0.3 is 10.1 Å². The molecule has 0 radical (unpaired) electrons. The Morgan fingerprint density at radius 2 is 1.61 bits per heavy atom. The maximum absolute atomic E-state index is 14.5. The first-order chi connectivity index (χ1) is 17.2. The first-order valence-corrected chi connectivity index (χ1v) is 10.7. The van der Waals surface area contributed by atoms with E-state index >= 15 is 0 Å². The van der Waals surface area contributed by atoms with Crippen molar-refractivity contribution in [2.75, 3.05) is 10.7 Å². The van der Waals surface area contributed by atoms with Gasteiger partial charge in [0.2, 0.25) is 11.9 Å². The zero-order chi connectivity index (χ0) is 25.7. The topological polar surface area (TPSA) is 84.3 Å². The van der Waals surface area contributed by atoms with E-state index in [1.165, 1.54) is 36.5 Å². The third-order valence-corrected chi connectivity index (χ3v) is 4.94. The number of rotatable bonds is 7. The molecule has 0 saturated heterocycles. The maximum Gasteiger partial charge on any atom is 0.573 e. The van der Waals surface area contributed by atoms with Crippen LogP contribution < -0.4 is 15.5 Å². The average molecular weight is 517 g/mol. The van der Waals surface area contributed by atoms with Crippen molar-refractivity contribution in [3.8, 4) is 17.1 Å². The number of ether oxygens (including phenoxy) is 1. The molecule has 2 N–H and O–H groups in total. The van der Waals surface area contributed by atoms with Crippen LogP contribution in [0.15, 0.2) is 71.8 Å². The molecule has 7 nitrogen and oxygen atoms in total. The molecule has 0 aliphatic heterocycles. The minimum atomic E-state index is -4.78. The summed E-state index contributed by atoms with van der Waals surface area (Å²) < 4.78 is 55.3. The second-order valence-electron chi connectivity index (χ2n) is 7.38. The molecule has 0 bridgehead atoms. The van der Waals surface area contributed by atoms with E-state index in [4.69, 9.17) is 11.6 Å². The predicted octanol–water partition coefficient (Wildman–Crippen LogP) is 6.73. The Hall–Kier alpha value is -4.25. The fourth-order valence-electron chi connectivity index (χ4n) is 2.99. The van der Waals surface area contributed by atoms with Crippen LogP contribution in [0.1, 0.15) is 11.1 Å². The lowest BCUT2D eigenvalue weighted by Crippen LogP contribution is -2.17. The van der Waals surface area contributed by atoms with Crippen LogP contribution in [0.3, 0.4) is 0 Å². The van der Waals surface area contributed by atoms with Crippen molar-refractivity contribution in [3.05, 3.63) is 88.7 Å². The molecule has 4 rings (SSSR count). The molecule has 4 aromatic rings. The van der Waals surface area contributed by atoms with Gasteiger partial charge in [-0.1, -0.05) is 35.4 Å². The van der Waals surface area contributed by atoms with Gasteiger partial charge in [-0.2, -0.15) is 20.1 Å². The van der Waals surface area contributed by atoms with Crippen LogP contribution in [0, 0.1) is 12.7 Å². The average Bonchev–Trinajstić information content (AvgIpc) is 2.81. The fraction of sp³-hybridized carbons (Fsp3) is 0.0833. The van der Waals surface area contributed by atoms with Crippen LogP contribution >= 0.6 is 11.6 Å². The number of nitrogens with one attached hydrogen (secondary N) is 2. The molecule has 0 amide bonds. The number of nitrogens with zero attached hydrogens (tertiary/aromatic N) is 4. The summed E-state index contributed by atoms with van der Waals surface area (Å²) in [6.07, 6.45) is -3.44. The summed E-state index contributed by atoms with van der Waals surface area (Å²) in [5.41, 5.74) is 4.83. The highest BCUT2D eigenvalue weighted by Crippen LogP contribution is 2.29. The Morgan fingerprint density at radius 1 is 0.917 bits per heavy atom. The lowest BCUT2D eigenvalue weighted by molar-refractivity contribution is -0.274. The fourth-order valence-corrected chi connectivity index (χ4v) is 3.24. The maximum atomic E-state index is 14.5. The van der Waals surface area contributed by atoms with Crippen molar-refractivity contribution in [2.45, 2.75) is 13.3 Å². The number of hydrogen-bond acceptors (Lipinski definition) is 7. The number of benzene rings is 3. The Balaban J connectivity index is 1.60. The molecule has 0 aliphatic carbocycles. The van der Waals surface area contributed by atoms with E-state index in [2.05, 4.69) is 35.5 Å². The Labute approximate surface area is 207 Å². The van der Waals surface area contributed by atoms with Crippen molar-refractivity contribution in [2.24, 2.45) is 5.10 Å². The highest BCUT2D eigenvalue weighted by atomic mass is 35.5. The first kappa shape index (κ1) is 24.9. The predicted molar refractivity (Wildman–Crippen MR) is 129 cm³/mol. The standard InChI is InChI=1S/C24H17ClF4N6O/c1-14-5-9-16(10-6-14)31-22-32-21(20-18(25)3-2-4-19(20)26)33-23(34-22)35-30-13-15-7-11-17(12-8-15)36-24(27,28)29/h2-13H,1H3,(H2,31,32,33,34,35)/b30-13-. The molecule has 184 valence electrons. The molecular weight excluding hydrogens is 500 g/mol. The third-order valence-electron chi connectivity index (χ3n) is 4.62. The molecule has 0 unspecified atom stereocenters. The summed E-state index contributed by atoms with van der Waals surface area (Å²) in [6, 6.07) is 16.7. The van der Waals surface area contributed by atoms with E-state index in [1.807, 2.05) is 31.2 Å². The van der Waals surface area contributed by atoms with Gasteiger partial charge in [-0.3, -0.25) is 0 Å². The molecule has 0 aliphatic rings. The molecule has 12 heteroatoms. The van der Waals surface area contributed by atoms with Gasteiger partial charge in [0.15, 0.2) is 5.82 Å². The van der Waals surface area contributed by atoms with Gasteiger partial charge >= 0.3 is 6.36 Å². The van der Waals surface area contributed by atoms with Gasteiger partial charge in [-0.15, -0.1) is 13.2 Å². The number of aromatic nitrogens is 3. The van der Waals surface area contributed by atoms with Crippen LogP contribution in [-0.2, 0) is 0 Å². The number of halogens is 5. The van der Waals surface area contributed by atoms with Crippen LogP contribution in [0.2, 0.25) is 5.02 Å². The number of aryl methyl sites for hydroxylation is 1. The second-order valence-corrected chi connectivity index (χ2v) is 7.79. The molecule has 1 heterocycles. The zero-order valence-corrected chi connectivity index (χ0v) is 19.3. The van der Waals surface area contributed by atoms with Crippen molar-refractivity contribution >= 4 is 35.4 Å². The van der Waals surface area contributed by atoms with Gasteiger partial charge in [0.25, 0.3) is 0 Å². The summed E-state index contributed by atoms with van der Waals surface area (Å²) >= 11 is 6.19. The lowest BCUT2D eigenvalue weighted by atomic mass is 10.2. The molecule has 0 spiro atoms. The monoisotopic (exact) mass is 516 g/mol. The molecule has 0 atom stereocenters. The molecule has 0 fully saturated rings. The first-order valence-electron chi connectivity index (χ1n) is 10.4. The summed E-state index contributed by atoms with van der Waals surface area (Å²) in [5, 5.41) is 7.15. The van der Waals surface area contributed by atoms with Gasteiger partial charge in [0.05, 0.1) is 16.8 Å². The van der Waals surface area contributed by atoms with E-state index in [0.29, 0.717) is 11.3 Å². The summed E-state index contributed by atoms with van der Waals surface area (Å²) in [7, 11) is 0. The summed E-state index contributed by atoms with van der Waals surface area (Å²) in [5.74, 6) is -0.931. The highest BCUT2D eigenvalue weighted by Gasteiger charge is 2.30. The van der Waals surface area contributed by atoms with Gasteiger partial charge in [-0.25, -0.2) is 9.82 Å². The Morgan fingerprint density at radius 3 is 2.28 bits per heavy atom. The van der Waals surface area contributed by atoms with Gasteiger partial charge in [0.1, 0.15) is 11.6 Å². The molecule has 0 saturated carbocycles. The molecule has 36 heavy (non-hydrogen) atoms. The van der Waals surface area contributed by atoms with Crippen molar-refractivity contribution < 1.29 is 22.3 Å². The number of hydrazone groups is 1. The Bertz CT molecular complexity index is 1360. The normalized spacial score (nSPS) is 11.5. The number of alkyl halides is 3. The smallest absolute Gasteiger partial charge is 0.406 e. The number of anilines is 3. The summed E-state index contributed by atoms with van der Waals surface area (Å²) in [6.45, 7) is 1.95. The molecule has 1 aromatic heterocycles. The number of hydrogen-bond donors (Lipinski definition) is 2. The van der Waals surface area contributed by atoms with Gasteiger partial charge in [0, 0.05) is 5.69 Å². The largest absolute Gasteiger partial charge is 0.573 e. The molecule has 3 aromatic carbocycles. The zero-order valence-electron chi connectivity index (χ0n) is 18.5. The van der Waals surface area contributed by atoms with E-state index in [0.717, 1.165) is 17.7 Å². The molecular formula is C24H17ClF4N6O. The van der Waals surface area contributed by atoms with Crippen LogP contribution in [0.5, 0.6) is 5.75 Å². The van der Waals surface area contributed by atoms with Crippen molar-refractivity contribution in [3.63, 3.8) is 0 Å². The van der Waals surface area contributed by atoms with E-state index in [9.17, 15) is 17.6 Å². The van der Waals surface area contributed by atoms with Gasteiger partial charge in [-0.05, 0) is 61.0 Å². The third kappa shape index (κ3) is 6.66. The van der Waals surface area contributed by atoms with Crippen LogP contribution in [0.4, 0.5) is 35.1 Å². The van der Waals surface area contributed by atoms with E-state index in [-0.39, 0.29) is 34.1 Å².